The van der Waals surface area contributed by atoms with Crippen LogP contribution in [0.1, 0.15) is 20.7 Å². The van der Waals surface area contributed by atoms with Gasteiger partial charge in [0.15, 0.2) is 0 Å². The maximum atomic E-state index is 12.9. The van der Waals surface area contributed by atoms with Crippen LogP contribution in [0, 0.1) is 0 Å². The van der Waals surface area contributed by atoms with Crippen molar-refractivity contribution in [3.8, 4) is 0 Å². The minimum absolute atomic E-state index is 0.0404. The van der Waals surface area contributed by atoms with E-state index in [0.29, 0.717) is 10.2 Å². The van der Waals surface area contributed by atoms with Crippen molar-refractivity contribution in [1.29, 1.82) is 0 Å². The standard InChI is InChI=1S/C20H13Br3N2O5S/c21-12-2-5-14(6-3-12)25-31(29,30)18-9-11(1-7-16(18)23)19(26)24-17-8-4-13(22)10-15(17)20(27)28/h1-10,25H,(H,24,26)(H,27,28). The summed E-state index contributed by atoms with van der Waals surface area (Å²) in [5.41, 5.74) is 0.371. The first-order valence-corrected chi connectivity index (χ1v) is 12.3. The Bertz CT molecular complexity index is 1280. The number of benzene rings is 3. The van der Waals surface area contributed by atoms with Gasteiger partial charge in [-0.15, -0.1) is 0 Å². The van der Waals surface area contributed by atoms with Crippen LogP contribution in [0.25, 0.3) is 0 Å². The molecule has 0 heterocycles. The van der Waals surface area contributed by atoms with Crippen LogP contribution in [-0.4, -0.2) is 25.4 Å². The zero-order valence-corrected chi connectivity index (χ0v) is 21.0. The second kappa shape index (κ2) is 9.51. The van der Waals surface area contributed by atoms with E-state index < -0.39 is 21.9 Å². The van der Waals surface area contributed by atoms with E-state index in [1.54, 1.807) is 30.3 Å². The average molecular weight is 633 g/mol. The number of sulfonamides is 1. The quantitative estimate of drug-likeness (QED) is 0.322. The molecular weight excluding hydrogens is 620 g/mol. The minimum Gasteiger partial charge on any atom is -0.478 e. The molecule has 3 aromatic rings. The summed E-state index contributed by atoms with van der Waals surface area (Å²) in [6.45, 7) is 0. The predicted octanol–water partition coefficient (Wildman–Crippen LogP) is 5.73. The lowest BCUT2D eigenvalue weighted by Gasteiger charge is -2.12. The van der Waals surface area contributed by atoms with Crippen LogP contribution in [0.15, 0.2) is 79.0 Å². The fourth-order valence-corrected chi connectivity index (χ4v) is 5.25. The van der Waals surface area contributed by atoms with Gasteiger partial charge in [-0.3, -0.25) is 9.52 Å². The molecule has 0 aromatic heterocycles. The topological polar surface area (TPSA) is 113 Å². The second-order valence-corrected chi connectivity index (χ2v) is 10.5. The van der Waals surface area contributed by atoms with Crippen molar-refractivity contribution in [2.45, 2.75) is 4.90 Å². The zero-order valence-electron chi connectivity index (χ0n) is 15.4. The van der Waals surface area contributed by atoms with Gasteiger partial charge in [-0.05, 0) is 76.6 Å². The number of carbonyl (C=O) groups excluding carboxylic acids is 1. The van der Waals surface area contributed by atoms with Crippen LogP contribution in [0.2, 0.25) is 0 Å². The molecule has 0 saturated carbocycles. The van der Waals surface area contributed by atoms with Gasteiger partial charge in [0.2, 0.25) is 0 Å². The fraction of sp³-hybridized carbons (Fsp3) is 0. The van der Waals surface area contributed by atoms with Crippen molar-refractivity contribution in [2.75, 3.05) is 10.0 Å². The molecule has 0 fully saturated rings. The molecule has 0 spiro atoms. The molecular formula is C20H13Br3N2O5S. The molecule has 0 aliphatic heterocycles. The molecule has 3 rings (SSSR count). The molecule has 0 saturated heterocycles. The Morgan fingerprint density at radius 1 is 0.839 bits per heavy atom. The van der Waals surface area contributed by atoms with Crippen molar-refractivity contribution in [1.82, 2.24) is 0 Å². The first-order chi connectivity index (χ1) is 14.6. The highest BCUT2D eigenvalue weighted by Crippen LogP contribution is 2.27. The maximum Gasteiger partial charge on any atom is 0.337 e. The van der Waals surface area contributed by atoms with E-state index in [9.17, 15) is 23.1 Å². The molecule has 0 aliphatic carbocycles. The van der Waals surface area contributed by atoms with Crippen molar-refractivity contribution >= 4 is 81.1 Å². The number of carbonyl (C=O) groups is 2. The summed E-state index contributed by atoms with van der Waals surface area (Å²) in [6, 6.07) is 15.0. The van der Waals surface area contributed by atoms with Gasteiger partial charge in [0, 0.05) is 24.7 Å². The largest absolute Gasteiger partial charge is 0.478 e. The Hall–Kier alpha value is -2.21. The van der Waals surface area contributed by atoms with Crippen molar-refractivity contribution in [3.05, 3.63) is 85.2 Å². The zero-order chi connectivity index (χ0) is 22.8. The second-order valence-electron chi connectivity index (χ2n) is 6.21. The summed E-state index contributed by atoms with van der Waals surface area (Å²) >= 11 is 9.68. The predicted molar refractivity (Wildman–Crippen MR) is 128 cm³/mol. The smallest absolute Gasteiger partial charge is 0.337 e. The average Bonchev–Trinajstić information content (AvgIpc) is 2.71. The third kappa shape index (κ3) is 5.73. The summed E-state index contributed by atoms with van der Waals surface area (Å²) in [7, 11) is -4.01. The number of hydrogen-bond donors (Lipinski definition) is 3. The van der Waals surface area contributed by atoms with Gasteiger partial charge in [0.05, 0.1) is 11.3 Å². The molecule has 1 amide bonds. The lowest BCUT2D eigenvalue weighted by molar-refractivity contribution is 0.0698. The van der Waals surface area contributed by atoms with Gasteiger partial charge < -0.3 is 10.4 Å². The van der Waals surface area contributed by atoms with Gasteiger partial charge in [-0.25, -0.2) is 13.2 Å². The van der Waals surface area contributed by atoms with Crippen LogP contribution < -0.4 is 10.0 Å². The van der Waals surface area contributed by atoms with E-state index in [1.165, 1.54) is 30.3 Å². The molecule has 0 unspecified atom stereocenters. The Kier molecular flexibility index (Phi) is 7.20. The van der Waals surface area contributed by atoms with E-state index >= 15 is 0 Å². The van der Waals surface area contributed by atoms with Gasteiger partial charge in [0.1, 0.15) is 4.90 Å². The van der Waals surface area contributed by atoms with E-state index in [2.05, 4.69) is 57.8 Å². The summed E-state index contributed by atoms with van der Waals surface area (Å²) < 4.78 is 29.8. The van der Waals surface area contributed by atoms with Crippen LogP contribution in [0.3, 0.4) is 0 Å². The van der Waals surface area contributed by atoms with Gasteiger partial charge >= 0.3 is 5.97 Å². The minimum atomic E-state index is -4.01. The van der Waals surface area contributed by atoms with Crippen LogP contribution in [0.5, 0.6) is 0 Å². The van der Waals surface area contributed by atoms with Crippen LogP contribution in [0.4, 0.5) is 11.4 Å². The number of aromatic carboxylic acids is 1. The highest BCUT2D eigenvalue weighted by molar-refractivity contribution is 9.11. The molecule has 0 atom stereocenters. The lowest BCUT2D eigenvalue weighted by atomic mass is 10.1. The highest BCUT2D eigenvalue weighted by Gasteiger charge is 2.21. The third-order valence-electron chi connectivity index (χ3n) is 4.04. The summed E-state index contributed by atoms with van der Waals surface area (Å²) in [5, 5.41) is 11.9. The lowest BCUT2D eigenvalue weighted by Crippen LogP contribution is -2.17. The number of rotatable bonds is 6. The summed E-state index contributed by atoms with van der Waals surface area (Å²) in [6.07, 6.45) is 0. The Morgan fingerprint density at radius 2 is 1.48 bits per heavy atom. The molecule has 160 valence electrons. The highest BCUT2D eigenvalue weighted by atomic mass is 79.9. The van der Waals surface area contributed by atoms with Gasteiger partial charge in [-0.2, -0.15) is 0 Å². The first-order valence-electron chi connectivity index (χ1n) is 8.49. The van der Waals surface area contributed by atoms with E-state index in [4.69, 9.17) is 0 Å². The Morgan fingerprint density at radius 3 is 2.13 bits per heavy atom. The number of carboxylic acid groups (broad SMARTS) is 1. The SMILES string of the molecule is O=C(Nc1ccc(Br)cc1C(=O)O)c1ccc(Br)c(S(=O)(=O)Nc2ccc(Br)cc2)c1. The molecule has 0 radical (unpaired) electrons. The number of amides is 1. The van der Waals surface area contributed by atoms with Crippen molar-refractivity contribution in [2.24, 2.45) is 0 Å². The Balaban J connectivity index is 1.91. The van der Waals surface area contributed by atoms with Gasteiger partial charge in [-0.1, -0.05) is 31.9 Å². The van der Waals surface area contributed by atoms with Crippen molar-refractivity contribution < 1.29 is 23.1 Å². The number of anilines is 2. The molecule has 0 bridgehead atoms. The molecule has 11 heteroatoms. The number of nitrogens with one attached hydrogen (secondary N) is 2. The van der Waals surface area contributed by atoms with E-state index in [0.717, 1.165) is 4.47 Å². The summed E-state index contributed by atoms with van der Waals surface area (Å²) in [4.78, 5) is 24.0. The Labute approximate surface area is 203 Å². The van der Waals surface area contributed by atoms with Crippen LogP contribution >= 0.6 is 47.8 Å². The molecule has 31 heavy (non-hydrogen) atoms. The number of hydrogen-bond acceptors (Lipinski definition) is 4. The molecule has 7 nitrogen and oxygen atoms in total. The molecule has 3 aromatic carbocycles. The van der Waals surface area contributed by atoms with E-state index in [1.807, 2.05) is 0 Å². The van der Waals surface area contributed by atoms with Crippen molar-refractivity contribution in [3.63, 3.8) is 0 Å². The summed E-state index contributed by atoms with van der Waals surface area (Å²) in [5.74, 6) is -1.87. The third-order valence-corrected chi connectivity index (χ3v) is 7.44. The van der Waals surface area contributed by atoms with Crippen LogP contribution in [-0.2, 0) is 10.0 Å². The number of carboxylic acids is 1. The first kappa shape index (κ1) is 23.5. The number of halogens is 3. The molecule has 0 aliphatic rings. The molecule has 3 N–H and O–H groups in total. The fourth-order valence-electron chi connectivity index (χ4n) is 2.58. The van der Waals surface area contributed by atoms with Gasteiger partial charge in [0.25, 0.3) is 15.9 Å². The monoisotopic (exact) mass is 630 g/mol. The maximum absolute atomic E-state index is 12.9. The van der Waals surface area contributed by atoms with E-state index in [-0.39, 0.29) is 26.2 Å². The normalized spacial score (nSPS) is 11.1.